The van der Waals surface area contributed by atoms with Gasteiger partial charge in [0.25, 0.3) is 0 Å². The van der Waals surface area contributed by atoms with Crippen LogP contribution in [0, 0.1) is 0 Å². The summed E-state index contributed by atoms with van der Waals surface area (Å²) in [6.45, 7) is 5.97. The van der Waals surface area contributed by atoms with E-state index in [0.717, 1.165) is 5.56 Å². The lowest BCUT2D eigenvalue weighted by molar-refractivity contribution is 0.127. The number of hydrogen-bond acceptors (Lipinski definition) is 3. The molecule has 0 aromatic heterocycles. The van der Waals surface area contributed by atoms with Crippen molar-refractivity contribution in [2.45, 2.75) is 26.4 Å². The zero-order valence-corrected chi connectivity index (χ0v) is 10.4. The molecule has 0 bridgehead atoms. The van der Waals surface area contributed by atoms with E-state index in [2.05, 4.69) is 5.32 Å². The molecule has 1 aromatic carbocycles. The molecule has 0 aliphatic heterocycles. The highest BCUT2D eigenvalue weighted by molar-refractivity contribution is 6.30. The number of halogens is 1. The zero-order chi connectivity index (χ0) is 12.0. The first kappa shape index (κ1) is 13.3. The highest BCUT2D eigenvalue weighted by Gasteiger charge is 2.05. The number of phenolic OH excluding ortho intramolecular Hbond substituents is 1. The predicted molar refractivity (Wildman–Crippen MR) is 65.9 cm³/mol. The molecule has 1 rings (SSSR count). The Bertz CT molecular complexity index is 331. The summed E-state index contributed by atoms with van der Waals surface area (Å²) in [5, 5.41) is 13.5. The molecule has 0 heterocycles. The highest BCUT2D eigenvalue weighted by Crippen LogP contribution is 2.21. The Morgan fingerprint density at radius 3 is 2.94 bits per heavy atom. The smallest absolute Gasteiger partial charge is 0.120 e. The van der Waals surface area contributed by atoms with Crippen molar-refractivity contribution in [3.8, 4) is 5.75 Å². The van der Waals surface area contributed by atoms with Crippen LogP contribution in [-0.2, 0) is 11.3 Å². The van der Waals surface area contributed by atoms with Gasteiger partial charge < -0.3 is 15.2 Å². The van der Waals surface area contributed by atoms with Gasteiger partial charge in [0.15, 0.2) is 0 Å². The number of phenols is 1. The van der Waals surface area contributed by atoms with Gasteiger partial charge in [-0.15, -0.1) is 0 Å². The SMILES string of the molecule is CCOCC(C)NCc1cc(Cl)ccc1O. The molecule has 3 nitrogen and oxygen atoms in total. The van der Waals surface area contributed by atoms with Crippen LogP contribution in [0.15, 0.2) is 18.2 Å². The highest BCUT2D eigenvalue weighted by atomic mass is 35.5. The lowest BCUT2D eigenvalue weighted by Crippen LogP contribution is -2.30. The maximum Gasteiger partial charge on any atom is 0.120 e. The number of ether oxygens (including phenoxy) is 1. The van der Waals surface area contributed by atoms with Crippen LogP contribution in [-0.4, -0.2) is 24.4 Å². The minimum atomic E-state index is 0.248. The maximum atomic E-state index is 9.59. The fourth-order valence-electron chi connectivity index (χ4n) is 1.33. The van der Waals surface area contributed by atoms with Crippen molar-refractivity contribution in [1.82, 2.24) is 5.32 Å². The molecule has 0 fully saturated rings. The monoisotopic (exact) mass is 243 g/mol. The number of aromatic hydroxyl groups is 1. The van der Waals surface area contributed by atoms with Crippen molar-refractivity contribution in [2.75, 3.05) is 13.2 Å². The number of rotatable bonds is 6. The summed E-state index contributed by atoms with van der Waals surface area (Å²) in [5.41, 5.74) is 0.802. The third kappa shape index (κ3) is 4.39. The van der Waals surface area contributed by atoms with Gasteiger partial charge in [0.1, 0.15) is 5.75 Å². The van der Waals surface area contributed by atoms with Gasteiger partial charge in [0, 0.05) is 29.8 Å². The van der Waals surface area contributed by atoms with E-state index in [9.17, 15) is 5.11 Å². The summed E-state index contributed by atoms with van der Waals surface area (Å²) < 4.78 is 5.29. The molecular formula is C12H18ClNO2. The van der Waals surface area contributed by atoms with Gasteiger partial charge in [-0.3, -0.25) is 0 Å². The van der Waals surface area contributed by atoms with Crippen molar-refractivity contribution >= 4 is 11.6 Å². The largest absolute Gasteiger partial charge is 0.508 e. The Labute approximate surface area is 101 Å². The third-order valence-corrected chi connectivity index (χ3v) is 2.49. The average Bonchev–Trinajstić information content (AvgIpc) is 2.27. The van der Waals surface area contributed by atoms with Crippen LogP contribution in [0.3, 0.4) is 0 Å². The van der Waals surface area contributed by atoms with Crippen LogP contribution in [0.5, 0.6) is 5.75 Å². The van der Waals surface area contributed by atoms with E-state index >= 15 is 0 Å². The molecule has 0 saturated heterocycles. The molecule has 1 aromatic rings. The summed E-state index contributed by atoms with van der Waals surface area (Å²) >= 11 is 5.85. The molecular weight excluding hydrogens is 226 g/mol. The Hall–Kier alpha value is -0.770. The fourth-order valence-corrected chi connectivity index (χ4v) is 1.53. The first-order valence-electron chi connectivity index (χ1n) is 5.42. The second kappa shape index (κ2) is 6.74. The molecule has 0 radical (unpaired) electrons. The van der Waals surface area contributed by atoms with Crippen LogP contribution in [0.1, 0.15) is 19.4 Å². The molecule has 2 N–H and O–H groups in total. The van der Waals surface area contributed by atoms with Gasteiger partial charge in [-0.25, -0.2) is 0 Å². The van der Waals surface area contributed by atoms with Crippen LogP contribution in [0.2, 0.25) is 5.02 Å². The Morgan fingerprint density at radius 2 is 2.25 bits per heavy atom. The summed E-state index contributed by atoms with van der Waals surface area (Å²) in [7, 11) is 0. The maximum absolute atomic E-state index is 9.59. The van der Waals surface area contributed by atoms with Gasteiger partial charge in [-0.1, -0.05) is 11.6 Å². The Kier molecular flexibility index (Phi) is 5.60. The number of hydrogen-bond donors (Lipinski definition) is 2. The second-order valence-corrected chi connectivity index (χ2v) is 4.15. The van der Waals surface area contributed by atoms with Crippen molar-refractivity contribution in [2.24, 2.45) is 0 Å². The van der Waals surface area contributed by atoms with Crippen molar-refractivity contribution in [1.29, 1.82) is 0 Å². The quantitative estimate of drug-likeness (QED) is 0.807. The van der Waals surface area contributed by atoms with Crippen LogP contribution in [0.4, 0.5) is 0 Å². The molecule has 0 amide bonds. The second-order valence-electron chi connectivity index (χ2n) is 3.71. The van der Waals surface area contributed by atoms with Gasteiger partial charge in [0.2, 0.25) is 0 Å². The molecule has 0 saturated carbocycles. The lowest BCUT2D eigenvalue weighted by Gasteiger charge is -2.14. The van der Waals surface area contributed by atoms with Crippen molar-refractivity contribution < 1.29 is 9.84 Å². The van der Waals surface area contributed by atoms with E-state index in [-0.39, 0.29) is 11.8 Å². The standard InChI is InChI=1S/C12H18ClNO2/c1-3-16-8-9(2)14-7-10-6-11(13)4-5-12(10)15/h4-6,9,14-15H,3,7-8H2,1-2H3. The van der Waals surface area contributed by atoms with Gasteiger partial charge in [-0.05, 0) is 32.0 Å². The predicted octanol–water partition coefficient (Wildman–Crippen LogP) is 2.56. The van der Waals surface area contributed by atoms with E-state index in [1.165, 1.54) is 0 Å². The summed E-state index contributed by atoms with van der Waals surface area (Å²) in [6, 6.07) is 5.28. The molecule has 90 valence electrons. The van der Waals surface area contributed by atoms with E-state index in [4.69, 9.17) is 16.3 Å². The van der Waals surface area contributed by atoms with E-state index in [0.29, 0.717) is 24.8 Å². The minimum absolute atomic E-state index is 0.248. The molecule has 16 heavy (non-hydrogen) atoms. The first-order valence-corrected chi connectivity index (χ1v) is 5.79. The normalized spacial score (nSPS) is 12.7. The third-order valence-electron chi connectivity index (χ3n) is 2.25. The topological polar surface area (TPSA) is 41.5 Å². The van der Waals surface area contributed by atoms with Crippen LogP contribution in [0.25, 0.3) is 0 Å². The molecule has 0 aliphatic carbocycles. The molecule has 0 spiro atoms. The van der Waals surface area contributed by atoms with Crippen molar-refractivity contribution in [3.63, 3.8) is 0 Å². The molecule has 4 heteroatoms. The van der Waals surface area contributed by atoms with E-state index in [1.807, 2.05) is 13.8 Å². The molecule has 1 unspecified atom stereocenters. The van der Waals surface area contributed by atoms with Gasteiger partial charge in [-0.2, -0.15) is 0 Å². The fraction of sp³-hybridized carbons (Fsp3) is 0.500. The van der Waals surface area contributed by atoms with Crippen LogP contribution < -0.4 is 5.32 Å². The van der Waals surface area contributed by atoms with Gasteiger partial charge >= 0.3 is 0 Å². The summed E-state index contributed by atoms with van der Waals surface area (Å²) in [5.74, 6) is 0.264. The average molecular weight is 244 g/mol. The molecule has 0 aliphatic rings. The minimum Gasteiger partial charge on any atom is -0.508 e. The Balaban J connectivity index is 2.44. The molecule has 1 atom stereocenters. The number of benzene rings is 1. The van der Waals surface area contributed by atoms with Crippen molar-refractivity contribution in [3.05, 3.63) is 28.8 Å². The van der Waals surface area contributed by atoms with E-state index < -0.39 is 0 Å². The first-order chi connectivity index (χ1) is 7.63. The van der Waals surface area contributed by atoms with E-state index in [1.54, 1.807) is 18.2 Å². The van der Waals surface area contributed by atoms with Crippen LogP contribution >= 0.6 is 11.6 Å². The Morgan fingerprint density at radius 1 is 1.50 bits per heavy atom. The zero-order valence-electron chi connectivity index (χ0n) is 9.66. The lowest BCUT2D eigenvalue weighted by atomic mass is 10.2. The summed E-state index contributed by atoms with van der Waals surface area (Å²) in [6.07, 6.45) is 0. The summed E-state index contributed by atoms with van der Waals surface area (Å²) in [4.78, 5) is 0. The number of nitrogens with one attached hydrogen (secondary N) is 1. The van der Waals surface area contributed by atoms with Gasteiger partial charge in [0.05, 0.1) is 6.61 Å².